The SMILES string of the molecule is CCN(C(C)=O)c1cccc(-c2ccnc3c(CNC(C)C)cnn23)c1. The molecule has 2 aromatic heterocycles. The van der Waals surface area contributed by atoms with E-state index in [4.69, 9.17) is 0 Å². The summed E-state index contributed by atoms with van der Waals surface area (Å²) in [5.74, 6) is 0.0330. The maximum Gasteiger partial charge on any atom is 0.223 e. The molecule has 0 radical (unpaired) electrons. The minimum atomic E-state index is 0.0330. The summed E-state index contributed by atoms with van der Waals surface area (Å²) in [4.78, 5) is 18.1. The Labute approximate surface area is 153 Å². The summed E-state index contributed by atoms with van der Waals surface area (Å²) in [6, 6.07) is 10.3. The zero-order valence-electron chi connectivity index (χ0n) is 15.7. The van der Waals surface area contributed by atoms with E-state index >= 15 is 0 Å². The van der Waals surface area contributed by atoms with Crippen LogP contribution < -0.4 is 10.2 Å². The van der Waals surface area contributed by atoms with Gasteiger partial charge in [0.15, 0.2) is 5.65 Å². The van der Waals surface area contributed by atoms with Gasteiger partial charge in [0.05, 0.1) is 11.9 Å². The van der Waals surface area contributed by atoms with Crippen molar-refractivity contribution in [2.45, 2.75) is 40.3 Å². The molecule has 0 saturated heterocycles. The van der Waals surface area contributed by atoms with Gasteiger partial charge >= 0.3 is 0 Å². The molecule has 1 aromatic carbocycles. The third kappa shape index (κ3) is 3.60. The fraction of sp³-hybridized carbons (Fsp3) is 0.350. The Balaban J connectivity index is 2.02. The molecule has 2 heterocycles. The Morgan fingerprint density at radius 3 is 2.81 bits per heavy atom. The van der Waals surface area contributed by atoms with E-state index in [1.54, 1.807) is 18.0 Å². The van der Waals surface area contributed by atoms with Gasteiger partial charge in [-0.15, -0.1) is 0 Å². The second-order valence-corrected chi connectivity index (χ2v) is 6.58. The number of hydrogen-bond donors (Lipinski definition) is 1. The highest BCUT2D eigenvalue weighted by molar-refractivity contribution is 5.92. The van der Waals surface area contributed by atoms with Crippen molar-refractivity contribution >= 4 is 17.2 Å². The lowest BCUT2D eigenvalue weighted by molar-refractivity contribution is -0.116. The first kappa shape index (κ1) is 18.1. The van der Waals surface area contributed by atoms with E-state index < -0.39 is 0 Å². The second-order valence-electron chi connectivity index (χ2n) is 6.58. The van der Waals surface area contributed by atoms with Crippen LogP contribution in [0.15, 0.2) is 42.7 Å². The van der Waals surface area contributed by atoms with E-state index in [-0.39, 0.29) is 5.91 Å². The van der Waals surface area contributed by atoms with Crippen LogP contribution in [0.1, 0.15) is 33.3 Å². The maximum absolute atomic E-state index is 11.9. The lowest BCUT2D eigenvalue weighted by Gasteiger charge is -2.19. The number of nitrogens with zero attached hydrogens (tertiary/aromatic N) is 4. The molecular weight excluding hydrogens is 326 g/mol. The van der Waals surface area contributed by atoms with Gasteiger partial charge in [-0.05, 0) is 25.1 Å². The smallest absolute Gasteiger partial charge is 0.223 e. The minimum absolute atomic E-state index is 0.0330. The van der Waals surface area contributed by atoms with Gasteiger partial charge in [0.1, 0.15) is 0 Å². The van der Waals surface area contributed by atoms with Gasteiger partial charge in [-0.25, -0.2) is 9.50 Å². The predicted molar refractivity (Wildman–Crippen MR) is 104 cm³/mol. The van der Waals surface area contributed by atoms with Crippen LogP contribution in [0.5, 0.6) is 0 Å². The van der Waals surface area contributed by atoms with E-state index in [0.29, 0.717) is 12.6 Å². The van der Waals surface area contributed by atoms with Crippen molar-refractivity contribution in [1.82, 2.24) is 19.9 Å². The van der Waals surface area contributed by atoms with Crippen LogP contribution in [0.25, 0.3) is 16.9 Å². The van der Waals surface area contributed by atoms with E-state index in [1.807, 2.05) is 48.0 Å². The highest BCUT2D eigenvalue weighted by atomic mass is 16.2. The first-order valence-electron chi connectivity index (χ1n) is 8.94. The number of carbonyl (C=O) groups excluding carboxylic acids is 1. The Morgan fingerprint density at radius 2 is 2.12 bits per heavy atom. The molecule has 6 nitrogen and oxygen atoms in total. The Morgan fingerprint density at radius 1 is 1.31 bits per heavy atom. The zero-order chi connectivity index (χ0) is 18.7. The number of carbonyl (C=O) groups is 1. The van der Waals surface area contributed by atoms with Crippen LogP contribution in [0.4, 0.5) is 5.69 Å². The van der Waals surface area contributed by atoms with Crippen molar-refractivity contribution in [1.29, 1.82) is 0 Å². The first-order chi connectivity index (χ1) is 12.5. The van der Waals surface area contributed by atoms with Crippen LogP contribution >= 0.6 is 0 Å². The van der Waals surface area contributed by atoms with Gasteiger partial charge in [-0.3, -0.25) is 4.79 Å². The predicted octanol–water partition coefficient (Wildman–Crippen LogP) is 3.27. The Hall–Kier alpha value is -2.73. The number of nitrogens with one attached hydrogen (secondary N) is 1. The van der Waals surface area contributed by atoms with Crippen molar-refractivity contribution in [2.75, 3.05) is 11.4 Å². The highest BCUT2D eigenvalue weighted by Crippen LogP contribution is 2.25. The molecule has 0 atom stereocenters. The number of benzene rings is 1. The zero-order valence-corrected chi connectivity index (χ0v) is 15.7. The molecule has 0 saturated carbocycles. The van der Waals surface area contributed by atoms with Crippen molar-refractivity contribution in [2.24, 2.45) is 0 Å². The highest BCUT2D eigenvalue weighted by Gasteiger charge is 2.13. The number of rotatable bonds is 6. The molecule has 1 N–H and O–H groups in total. The van der Waals surface area contributed by atoms with Gasteiger partial charge in [0.2, 0.25) is 5.91 Å². The van der Waals surface area contributed by atoms with Crippen LogP contribution in [0.2, 0.25) is 0 Å². The normalized spacial score (nSPS) is 11.3. The quantitative estimate of drug-likeness (QED) is 0.740. The standard InChI is InChI=1S/C20H25N5O/c1-5-24(15(4)26)18-8-6-7-16(11-18)19-9-10-21-20-17(12-22-14(2)3)13-23-25(19)20/h6-11,13-14,22H,5,12H2,1-4H3. The van der Waals surface area contributed by atoms with Crippen molar-refractivity contribution in [3.63, 3.8) is 0 Å². The lowest BCUT2D eigenvalue weighted by atomic mass is 10.1. The van der Waals surface area contributed by atoms with Crippen LogP contribution in [0.3, 0.4) is 0 Å². The molecule has 6 heteroatoms. The van der Waals surface area contributed by atoms with Gasteiger partial charge < -0.3 is 10.2 Å². The number of fused-ring (bicyclic) bond motifs is 1. The Bertz CT molecular complexity index is 915. The van der Waals surface area contributed by atoms with Gasteiger partial charge in [-0.2, -0.15) is 5.10 Å². The number of hydrogen-bond acceptors (Lipinski definition) is 4. The molecule has 0 fully saturated rings. The van der Waals surface area contributed by atoms with Crippen LogP contribution in [-0.2, 0) is 11.3 Å². The number of amides is 1. The molecule has 0 aliphatic heterocycles. The van der Waals surface area contributed by atoms with Crippen molar-refractivity contribution in [3.8, 4) is 11.3 Å². The topological polar surface area (TPSA) is 62.5 Å². The first-order valence-corrected chi connectivity index (χ1v) is 8.94. The number of aromatic nitrogens is 3. The fourth-order valence-corrected chi connectivity index (χ4v) is 3.02. The summed E-state index contributed by atoms with van der Waals surface area (Å²) >= 11 is 0. The summed E-state index contributed by atoms with van der Waals surface area (Å²) in [6.07, 6.45) is 3.67. The van der Waals surface area contributed by atoms with Gasteiger partial charge in [-0.1, -0.05) is 26.0 Å². The molecular formula is C20H25N5O. The van der Waals surface area contributed by atoms with E-state index in [1.165, 1.54) is 0 Å². The Kier molecular flexibility index (Phi) is 5.32. The van der Waals surface area contributed by atoms with Crippen molar-refractivity contribution in [3.05, 3.63) is 48.3 Å². The molecule has 3 rings (SSSR count). The molecule has 0 bridgehead atoms. The largest absolute Gasteiger partial charge is 0.313 e. The molecule has 136 valence electrons. The summed E-state index contributed by atoms with van der Waals surface area (Å²) < 4.78 is 1.86. The molecule has 1 amide bonds. The molecule has 0 aliphatic rings. The van der Waals surface area contributed by atoms with Crippen molar-refractivity contribution < 1.29 is 4.79 Å². The molecule has 3 aromatic rings. The summed E-state index contributed by atoms with van der Waals surface area (Å²) in [5, 5.41) is 7.94. The second kappa shape index (κ2) is 7.66. The third-order valence-electron chi connectivity index (χ3n) is 4.32. The molecule has 26 heavy (non-hydrogen) atoms. The minimum Gasteiger partial charge on any atom is -0.313 e. The molecule has 0 spiro atoms. The average Bonchev–Trinajstić information content (AvgIpc) is 3.03. The average molecular weight is 351 g/mol. The van der Waals surface area contributed by atoms with Crippen LogP contribution in [-0.4, -0.2) is 33.1 Å². The monoisotopic (exact) mass is 351 g/mol. The molecule has 0 aliphatic carbocycles. The van der Waals surface area contributed by atoms with E-state index in [9.17, 15) is 4.79 Å². The van der Waals surface area contributed by atoms with E-state index in [0.717, 1.165) is 34.7 Å². The van der Waals surface area contributed by atoms with E-state index in [2.05, 4.69) is 29.2 Å². The number of anilines is 1. The van der Waals surface area contributed by atoms with Gasteiger partial charge in [0.25, 0.3) is 0 Å². The maximum atomic E-state index is 11.9. The van der Waals surface area contributed by atoms with Gasteiger partial charge in [0, 0.05) is 49.1 Å². The lowest BCUT2D eigenvalue weighted by Crippen LogP contribution is -2.27. The fourth-order valence-electron chi connectivity index (χ4n) is 3.02. The van der Waals surface area contributed by atoms with Crippen LogP contribution in [0, 0.1) is 0 Å². The molecule has 0 unspecified atom stereocenters. The summed E-state index contributed by atoms with van der Waals surface area (Å²) in [6.45, 7) is 9.15. The third-order valence-corrected chi connectivity index (χ3v) is 4.32. The summed E-state index contributed by atoms with van der Waals surface area (Å²) in [5.41, 5.74) is 4.75. The summed E-state index contributed by atoms with van der Waals surface area (Å²) in [7, 11) is 0.